The molecule has 1 aliphatic heterocycles. The van der Waals surface area contributed by atoms with Gasteiger partial charge < -0.3 is 10.0 Å². The standard InChI is InChI=1S/C19H28N2O/c22-19(18-8-4-5-11-20-18)10-9-16-13-21(14-17(16)19)12-15-6-2-1-3-7-15/h4-5,8,11,15-17,22H,1-3,6-7,9-10,12-14H2/t16-,17+,19-/m0/s1. The molecular weight excluding hydrogens is 272 g/mol. The summed E-state index contributed by atoms with van der Waals surface area (Å²) >= 11 is 0. The third-order valence-electron chi connectivity index (χ3n) is 6.38. The molecule has 0 radical (unpaired) electrons. The van der Waals surface area contributed by atoms with E-state index in [1.54, 1.807) is 0 Å². The molecule has 3 fully saturated rings. The Hall–Kier alpha value is -0.930. The fourth-order valence-corrected chi connectivity index (χ4v) is 5.21. The first-order valence-corrected chi connectivity index (χ1v) is 9.12. The molecule has 3 nitrogen and oxygen atoms in total. The predicted octanol–water partition coefficient (Wildman–Crippen LogP) is 3.19. The van der Waals surface area contributed by atoms with Crippen LogP contribution in [0.15, 0.2) is 24.4 Å². The van der Waals surface area contributed by atoms with E-state index < -0.39 is 5.60 Å². The van der Waals surface area contributed by atoms with Crippen LogP contribution in [0.1, 0.15) is 50.6 Å². The van der Waals surface area contributed by atoms with Gasteiger partial charge in [0.15, 0.2) is 0 Å². The minimum Gasteiger partial charge on any atom is -0.383 e. The van der Waals surface area contributed by atoms with Gasteiger partial charge in [-0.15, -0.1) is 0 Å². The first-order valence-electron chi connectivity index (χ1n) is 9.12. The highest BCUT2D eigenvalue weighted by molar-refractivity contribution is 5.19. The van der Waals surface area contributed by atoms with Crippen molar-refractivity contribution in [2.75, 3.05) is 19.6 Å². The van der Waals surface area contributed by atoms with Crippen molar-refractivity contribution >= 4 is 0 Å². The van der Waals surface area contributed by atoms with Crippen LogP contribution in [0.2, 0.25) is 0 Å². The smallest absolute Gasteiger partial charge is 0.111 e. The molecule has 0 bridgehead atoms. The highest BCUT2D eigenvalue weighted by atomic mass is 16.3. The SMILES string of the molecule is O[C@@]1(c2ccccn2)CC[C@H]2CN(CC3CCCCC3)C[C@H]21. The normalized spacial score (nSPS) is 36.6. The summed E-state index contributed by atoms with van der Waals surface area (Å²) in [5.74, 6) is 1.94. The van der Waals surface area contributed by atoms with Crippen LogP contribution in [0, 0.1) is 17.8 Å². The zero-order valence-corrected chi connectivity index (χ0v) is 13.5. The fourth-order valence-electron chi connectivity index (χ4n) is 5.21. The van der Waals surface area contributed by atoms with Crippen LogP contribution >= 0.6 is 0 Å². The molecule has 0 amide bonds. The molecule has 22 heavy (non-hydrogen) atoms. The zero-order valence-electron chi connectivity index (χ0n) is 13.5. The summed E-state index contributed by atoms with van der Waals surface area (Å²) in [5, 5.41) is 11.3. The van der Waals surface area contributed by atoms with Gasteiger partial charge in [0.05, 0.1) is 5.69 Å². The molecule has 2 heterocycles. The Kier molecular flexibility index (Phi) is 3.95. The number of fused-ring (bicyclic) bond motifs is 1. The maximum atomic E-state index is 11.3. The van der Waals surface area contributed by atoms with Crippen molar-refractivity contribution in [2.45, 2.75) is 50.5 Å². The van der Waals surface area contributed by atoms with E-state index in [1.165, 1.54) is 45.2 Å². The number of aliphatic hydroxyl groups is 1. The number of likely N-dealkylation sites (tertiary alicyclic amines) is 1. The van der Waals surface area contributed by atoms with Gasteiger partial charge in [0, 0.05) is 31.7 Å². The molecular formula is C19H28N2O. The number of hydrogen-bond donors (Lipinski definition) is 1. The number of hydrogen-bond acceptors (Lipinski definition) is 3. The highest BCUT2D eigenvalue weighted by Gasteiger charge is 2.53. The molecule has 4 rings (SSSR count). The topological polar surface area (TPSA) is 36.4 Å². The summed E-state index contributed by atoms with van der Waals surface area (Å²) in [5.41, 5.74) is 0.203. The molecule has 0 spiro atoms. The largest absolute Gasteiger partial charge is 0.383 e. The van der Waals surface area contributed by atoms with Gasteiger partial charge in [-0.25, -0.2) is 0 Å². The van der Waals surface area contributed by atoms with Crippen molar-refractivity contribution in [3.05, 3.63) is 30.1 Å². The second-order valence-corrected chi connectivity index (χ2v) is 7.77. The predicted molar refractivity (Wildman–Crippen MR) is 87.4 cm³/mol. The Labute approximate surface area is 133 Å². The molecule has 120 valence electrons. The van der Waals surface area contributed by atoms with Gasteiger partial charge in [-0.1, -0.05) is 25.3 Å². The third-order valence-corrected chi connectivity index (χ3v) is 6.38. The van der Waals surface area contributed by atoms with E-state index in [0.717, 1.165) is 31.0 Å². The van der Waals surface area contributed by atoms with Gasteiger partial charge in [-0.2, -0.15) is 0 Å². The fraction of sp³-hybridized carbons (Fsp3) is 0.737. The Bertz CT molecular complexity index is 499. The van der Waals surface area contributed by atoms with Gasteiger partial charge >= 0.3 is 0 Å². The Balaban J connectivity index is 1.45. The number of nitrogens with zero attached hydrogens (tertiary/aromatic N) is 2. The lowest BCUT2D eigenvalue weighted by Crippen LogP contribution is -2.36. The number of aromatic nitrogens is 1. The summed E-state index contributed by atoms with van der Waals surface area (Å²) in [7, 11) is 0. The summed E-state index contributed by atoms with van der Waals surface area (Å²) in [6, 6.07) is 5.94. The maximum Gasteiger partial charge on any atom is 0.111 e. The van der Waals surface area contributed by atoms with Crippen molar-refractivity contribution in [3.8, 4) is 0 Å². The second kappa shape index (κ2) is 5.93. The van der Waals surface area contributed by atoms with Gasteiger partial charge in [0.1, 0.15) is 5.60 Å². The summed E-state index contributed by atoms with van der Waals surface area (Å²) in [6.45, 7) is 3.51. The van der Waals surface area contributed by atoms with Crippen molar-refractivity contribution in [2.24, 2.45) is 17.8 Å². The van der Waals surface area contributed by atoms with Crippen LogP contribution < -0.4 is 0 Å². The Morgan fingerprint density at radius 3 is 2.77 bits per heavy atom. The molecule has 3 aliphatic rings. The molecule has 3 atom stereocenters. The molecule has 1 aromatic rings. The second-order valence-electron chi connectivity index (χ2n) is 7.77. The molecule has 3 heteroatoms. The van der Waals surface area contributed by atoms with Crippen LogP contribution in [-0.4, -0.2) is 34.6 Å². The average Bonchev–Trinajstić information content (AvgIpc) is 3.10. The minimum absolute atomic E-state index is 0.381. The van der Waals surface area contributed by atoms with Crippen LogP contribution in [0.3, 0.4) is 0 Å². The number of pyridine rings is 1. The molecule has 1 saturated heterocycles. The van der Waals surface area contributed by atoms with E-state index in [0.29, 0.717) is 11.8 Å². The lowest BCUT2D eigenvalue weighted by molar-refractivity contribution is -0.0112. The van der Waals surface area contributed by atoms with E-state index in [-0.39, 0.29) is 0 Å². The van der Waals surface area contributed by atoms with Crippen molar-refractivity contribution in [1.82, 2.24) is 9.88 Å². The molecule has 0 aromatic carbocycles. The quantitative estimate of drug-likeness (QED) is 0.931. The maximum absolute atomic E-state index is 11.3. The lowest BCUT2D eigenvalue weighted by Gasteiger charge is -2.31. The zero-order chi connectivity index (χ0) is 15.0. The van der Waals surface area contributed by atoms with Crippen LogP contribution in [0.4, 0.5) is 0 Å². The van der Waals surface area contributed by atoms with Crippen molar-refractivity contribution < 1.29 is 5.11 Å². The monoisotopic (exact) mass is 300 g/mol. The van der Waals surface area contributed by atoms with Gasteiger partial charge in [-0.05, 0) is 49.7 Å². The van der Waals surface area contributed by atoms with Crippen LogP contribution in [0.5, 0.6) is 0 Å². The summed E-state index contributed by atoms with van der Waals surface area (Å²) in [6.07, 6.45) is 10.9. The van der Waals surface area contributed by atoms with Crippen molar-refractivity contribution in [3.63, 3.8) is 0 Å². The summed E-state index contributed by atoms with van der Waals surface area (Å²) in [4.78, 5) is 7.10. The highest BCUT2D eigenvalue weighted by Crippen LogP contribution is 2.50. The van der Waals surface area contributed by atoms with E-state index in [9.17, 15) is 5.11 Å². The minimum atomic E-state index is -0.687. The van der Waals surface area contributed by atoms with Crippen LogP contribution in [0.25, 0.3) is 0 Å². The van der Waals surface area contributed by atoms with E-state index in [1.807, 2.05) is 24.4 Å². The average molecular weight is 300 g/mol. The van der Waals surface area contributed by atoms with E-state index in [2.05, 4.69) is 9.88 Å². The number of rotatable bonds is 3. The molecule has 2 aliphatic carbocycles. The molecule has 1 N–H and O–H groups in total. The van der Waals surface area contributed by atoms with Crippen LogP contribution in [-0.2, 0) is 5.60 Å². The first-order chi connectivity index (χ1) is 10.8. The van der Waals surface area contributed by atoms with E-state index >= 15 is 0 Å². The van der Waals surface area contributed by atoms with Gasteiger partial charge in [0.25, 0.3) is 0 Å². The lowest BCUT2D eigenvalue weighted by atomic mass is 9.85. The summed E-state index contributed by atoms with van der Waals surface area (Å²) < 4.78 is 0. The Morgan fingerprint density at radius 1 is 1.14 bits per heavy atom. The first kappa shape index (κ1) is 14.6. The van der Waals surface area contributed by atoms with Gasteiger partial charge in [0.2, 0.25) is 0 Å². The molecule has 2 saturated carbocycles. The van der Waals surface area contributed by atoms with E-state index in [4.69, 9.17) is 0 Å². The van der Waals surface area contributed by atoms with Crippen molar-refractivity contribution in [1.29, 1.82) is 0 Å². The molecule has 0 unspecified atom stereocenters. The molecule has 1 aromatic heterocycles. The van der Waals surface area contributed by atoms with Gasteiger partial charge in [-0.3, -0.25) is 4.98 Å². The Morgan fingerprint density at radius 2 is 2.00 bits per heavy atom. The third kappa shape index (κ3) is 2.59.